The van der Waals surface area contributed by atoms with E-state index in [-0.39, 0.29) is 17.7 Å². The number of nitrogens with zero attached hydrogens (tertiary/aromatic N) is 1. The van der Waals surface area contributed by atoms with Crippen molar-refractivity contribution >= 4 is 35.1 Å². The SMILES string of the molecule is COC(=O)c1ccc(N(C(=O)c2ccco2)C(C(=O)NC2CCCC2)c2ccc(Cl)cc2)cc1. The molecule has 0 saturated heterocycles. The second kappa shape index (κ2) is 10.6. The van der Waals surface area contributed by atoms with E-state index in [2.05, 4.69) is 5.32 Å². The van der Waals surface area contributed by atoms with Gasteiger partial charge in [0.05, 0.1) is 18.9 Å². The number of methoxy groups -OCH3 is 1. The number of furan rings is 1. The van der Waals surface area contributed by atoms with Crippen LogP contribution in [0.25, 0.3) is 0 Å². The predicted octanol–water partition coefficient (Wildman–Crippen LogP) is 5.17. The van der Waals surface area contributed by atoms with Gasteiger partial charge in [-0.15, -0.1) is 0 Å². The average Bonchev–Trinajstić information content (AvgIpc) is 3.57. The predicted molar refractivity (Wildman–Crippen MR) is 128 cm³/mol. The molecule has 3 aromatic rings. The Hall–Kier alpha value is -3.58. The molecule has 1 aromatic heterocycles. The molecule has 2 amide bonds. The van der Waals surface area contributed by atoms with Crippen LogP contribution in [-0.2, 0) is 9.53 Å². The number of carbonyl (C=O) groups excluding carboxylic acids is 3. The second-order valence-electron chi connectivity index (χ2n) is 8.13. The van der Waals surface area contributed by atoms with Gasteiger partial charge in [-0.3, -0.25) is 14.5 Å². The minimum absolute atomic E-state index is 0.0598. The van der Waals surface area contributed by atoms with Gasteiger partial charge in [-0.25, -0.2) is 4.79 Å². The van der Waals surface area contributed by atoms with E-state index in [0.717, 1.165) is 25.7 Å². The van der Waals surface area contributed by atoms with E-state index in [4.69, 9.17) is 20.8 Å². The molecule has 2 aromatic carbocycles. The van der Waals surface area contributed by atoms with Gasteiger partial charge in [0, 0.05) is 16.8 Å². The van der Waals surface area contributed by atoms with Gasteiger partial charge in [-0.1, -0.05) is 36.6 Å². The van der Waals surface area contributed by atoms with Gasteiger partial charge in [0.1, 0.15) is 6.04 Å². The Balaban J connectivity index is 1.79. The highest BCUT2D eigenvalue weighted by atomic mass is 35.5. The van der Waals surface area contributed by atoms with Gasteiger partial charge in [0.15, 0.2) is 5.76 Å². The van der Waals surface area contributed by atoms with Crippen molar-refractivity contribution in [1.29, 1.82) is 0 Å². The van der Waals surface area contributed by atoms with E-state index in [9.17, 15) is 14.4 Å². The summed E-state index contributed by atoms with van der Waals surface area (Å²) in [5.41, 5.74) is 1.35. The zero-order chi connectivity index (χ0) is 24.1. The van der Waals surface area contributed by atoms with E-state index >= 15 is 0 Å². The Morgan fingerprint density at radius 3 is 2.29 bits per heavy atom. The minimum Gasteiger partial charge on any atom is -0.465 e. The lowest BCUT2D eigenvalue weighted by Crippen LogP contribution is -2.46. The van der Waals surface area contributed by atoms with Gasteiger partial charge < -0.3 is 14.5 Å². The summed E-state index contributed by atoms with van der Waals surface area (Å²) in [4.78, 5) is 40.6. The van der Waals surface area contributed by atoms with Crippen LogP contribution in [-0.4, -0.2) is 30.9 Å². The number of rotatable bonds is 7. The Morgan fingerprint density at radius 1 is 1.03 bits per heavy atom. The monoisotopic (exact) mass is 480 g/mol. The third-order valence-corrected chi connectivity index (χ3v) is 6.16. The maximum Gasteiger partial charge on any atom is 0.337 e. The number of halogens is 1. The number of amides is 2. The molecule has 1 fully saturated rings. The van der Waals surface area contributed by atoms with Crippen molar-refractivity contribution in [3.8, 4) is 0 Å². The van der Waals surface area contributed by atoms with Gasteiger partial charge >= 0.3 is 5.97 Å². The third-order valence-electron chi connectivity index (χ3n) is 5.91. The summed E-state index contributed by atoms with van der Waals surface area (Å²) in [6.45, 7) is 0. The highest BCUT2D eigenvalue weighted by Crippen LogP contribution is 2.32. The van der Waals surface area contributed by atoms with Crippen molar-refractivity contribution in [1.82, 2.24) is 5.32 Å². The normalized spacial score (nSPS) is 14.4. The topological polar surface area (TPSA) is 88.8 Å². The first-order valence-corrected chi connectivity index (χ1v) is 11.5. The van der Waals surface area contributed by atoms with Gasteiger partial charge in [-0.2, -0.15) is 0 Å². The van der Waals surface area contributed by atoms with E-state index in [1.165, 1.54) is 18.3 Å². The summed E-state index contributed by atoms with van der Waals surface area (Å²) >= 11 is 6.09. The first-order valence-electron chi connectivity index (χ1n) is 11.1. The number of benzene rings is 2. The summed E-state index contributed by atoms with van der Waals surface area (Å²) in [5.74, 6) is -1.20. The molecule has 1 saturated carbocycles. The standard InChI is InChI=1S/C26H25ClN2O5/c1-33-26(32)18-10-14-21(15-11-18)29(25(31)22-7-4-16-34-22)23(17-8-12-19(27)13-9-17)24(30)28-20-5-2-3-6-20/h4,7-16,20,23H,2-3,5-6H2,1H3,(H,28,30). The van der Waals surface area contributed by atoms with Crippen LogP contribution in [0.3, 0.4) is 0 Å². The van der Waals surface area contributed by atoms with Crippen molar-refractivity contribution in [2.45, 2.75) is 37.8 Å². The molecule has 0 radical (unpaired) electrons. The molecule has 1 heterocycles. The molecule has 34 heavy (non-hydrogen) atoms. The Bertz CT molecular complexity index is 1140. The minimum atomic E-state index is -0.987. The average molecular weight is 481 g/mol. The first-order chi connectivity index (χ1) is 16.5. The smallest absolute Gasteiger partial charge is 0.337 e. The lowest BCUT2D eigenvalue weighted by molar-refractivity contribution is -0.123. The zero-order valence-corrected chi connectivity index (χ0v) is 19.5. The lowest BCUT2D eigenvalue weighted by Gasteiger charge is -2.32. The summed E-state index contributed by atoms with van der Waals surface area (Å²) in [6.07, 6.45) is 5.32. The summed E-state index contributed by atoms with van der Waals surface area (Å²) < 4.78 is 10.1. The van der Waals surface area contributed by atoms with Crippen LogP contribution in [0.15, 0.2) is 71.3 Å². The van der Waals surface area contributed by atoms with Crippen LogP contribution in [0.4, 0.5) is 5.69 Å². The van der Waals surface area contributed by atoms with Crippen molar-refractivity contribution in [2.24, 2.45) is 0 Å². The molecular weight excluding hydrogens is 456 g/mol. The summed E-state index contributed by atoms with van der Waals surface area (Å²) in [5, 5.41) is 3.63. The van der Waals surface area contributed by atoms with Crippen LogP contribution in [0.2, 0.25) is 5.02 Å². The largest absolute Gasteiger partial charge is 0.465 e. The molecule has 176 valence electrons. The van der Waals surface area contributed by atoms with Crippen molar-refractivity contribution in [2.75, 3.05) is 12.0 Å². The number of ether oxygens (including phenoxy) is 1. The second-order valence-corrected chi connectivity index (χ2v) is 8.57. The molecule has 8 heteroatoms. The lowest BCUT2D eigenvalue weighted by atomic mass is 10.0. The Morgan fingerprint density at radius 2 is 1.71 bits per heavy atom. The highest BCUT2D eigenvalue weighted by Gasteiger charge is 2.35. The summed E-state index contributed by atoms with van der Waals surface area (Å²) in [6, 6.07) is 15.4. The van der Waals surface area contributed by atoms with Crippen LogP contribution in [0.5, 0.6) is 0 Å². The molecule has 1 N–H and O–H groups in total. The van der Waals surface area contributed by atoms with Crippen LogP contribution in [0, 0.1) is 0 Å². The molecule has 7 nitrogen and oxygen atoms in total. The first kappa shape index (κ1) is 23.6. The number of carbonyl (C=O) groups is 3. The van der Waals surface area contributed by atoms with Crippen molar-refractivity contribution < 1.29 is 23.5 Å². The van der Waals surface area contributed by atoms with E-state index in [1.807, 2.05) is 0 Å². The van der Waals surface area contributed by atoms with Crippen LogP contribution < -0.4 is 10.2 Å². The van der Waals surface area contributed by atoms with Gasteiger partial charge in [0.2, 0.25) is 5.91 Å². The molecule has 1 atom stereocenters. The fraction of sp³-hybridized carbons (Fsp3) is 0.269. The Labute approximate surface area is 202 Å². The van der Waals surface area contributed by atoms with E-state index in [0.29, 0.717) is 21.8 Å². The molecule has 1 unspecified atom stereocenters. The van der Waals surface area contributed by atoms with Crippen molar-refractivity contribution in [3.05, 3.63) is 88.8 Å². The quantitative estimate of drug-likeness (QED) is 0.471. The maximum atomic E-state index is 13.7. The number of nitrogens with one attached hydrogen (secondary N) is 1. The third kappa shape index (κ3) is 5.15. The fourth-order valence-electron chi connectivity index (χ4n) is 4.19. The molecule has 0 aliphatic heterocycles. The zero-order valence-electron chi connectivity index (χ0n) is 18.7. The fourth-order valence-corrected chi connectivity index (χ4v) is 4.32. The van der Waals surface area contributed by atoms with Crippen molar-refractivity contribution in [3.63, 3.8) is 0 Å². The maximum absolute atomic E-state index is 13.7. The van der Waals surface area contributed by atoms with Gasteiger partial charge in [0.25, 0.3) is 5.91 Å². The molecule has 1 aliphatic rings. The van der Waals surface area contributed by atoms with Crippen LogP contribution >= 0.6 is 11.6 Å². The number of hydrogen-bond donors (Lipinski definition) is 1. The van der Waals surface area contributed by atoms with Crippen LogP contribution in [0.1, 0.15) is 58.2 Å². The Kier molecular flexibility index (Phi) is 7.33. The molecule has 1 aliphatic carbocycles. The summed E-state index contributed by atoms with van der Waals surface area (Å²) in [7, 11) is 1.30. The molecular formula is C26H25ClN2O5. The number of esters is 1. The number of hydrogen-bond acceptors (Lipinski definition) is 5. The highest BCUT2D eigenvalue weighted by molar-refractivity contribution is 6.30. The molecule has 0 spiro atoms. The van der Waals surface area contributed by atoms with Gasteiger partial charge in [-0.05, 0) is 66.9 Å². The molecule has 0 bridgehead atoms. The van der Waals surface area contributed by atoms with E-state index < -0.39 is 17.9 Å². The molecule has 4 rings (SSSR count). The van der Waals surface area contributed by atoms with E-state index in [1.54, 1.807) is 60.7 Å². The number of anilines is 1.